The molecule has 22 heavy (non-hydrogen) atoms. The summed E-state index contributed by atoms with van der Waals surface area (Å²) in [7, 11) is 1.52. The molecule has 0 saturated carbocycles. The lowest BCUT2D eigenvalue weighted by molar-refractivity contribution is -0.137. The molecule has 0 heterocycles. The van der Waals surface area contributed by atoms with Gasteiger partial charge in [-0.05, 0) is 44.4 Å². The first-order valence-electron chi connectivity index (χ1n) is 7.39. The van der Waals surface area contributed by atoms with Gasteiger partial charge in [-0.1, -0.05) is 13.8 Å². The SMILES string of the molecule is CCOc1ccc(NC(=O)[C@](C)(CC(C)C)OC)c(C#N)c1. The zero-order valence-electron chi connectivity index (χ0n) is 13.9. The van der Waals surface area contributed by atoms with Gasteiger partial charge >= 0.3 is 0 Å². The monoisotopic (exact) mass is 304 g/mol. The van der Waals surface area contributed by atoms with E-state index in [2.05, 4.69) is 11.4 Å². The first-order valence-corrected chi connectivity index (χ1v) is 7.39. The fraction of sp³-hybridized carbons (Fsp3) is 0.529. The molecule has 0 radical (unpaired) electrons. The minimum atomic E-state index is -0.931. The molecule has 1 aromatic rings. The Morgan fingerprint density at radius 1 is 1.45 bits per heavy atom. The fourth-order valence-corrected chi connectivity index (χ4v) is 2.28. The fourth-order valence-electron chi connectivity index (χ4n) is 2.28. The highest BCUT2D eigenvalue weighted by Crippen LogP contribution is 2.26. The number of methoxy groups -OCH3 is 1. The van der Waals surface area contributed by atoms with Crippen molar-refractivity contribution in [1.82, 2.24) is 0 Å². The smallest absolute Gasteiger partial charge is 0.256 e. The number of benzene rings is 1. The quantitative estimate of drug-likeness (QED) is 0.838. The van der Waals surface area contributed by atoms with E-state index in [-0.39, 0.29) is 5.91 Å². The first-order chi connectivity index (χ1) is 10.4. The number of amides is 1. The van der Waals surface area contributed by atoms with Crippen LogP contribution in [0.15, 0.2) is 18.2 Å². The molecule has 0 aromatic heterocycles. The van der Waals surface area contributed by atoms with E-state index in [1.165, 1.54) is 7.11 Å². The van der Waals surface area contributed by atoms with Crippen molar-refractivity contribution in [2.45, 2.75) is 39.7 Å². The number of hydrogen-bond acceptors (Lipinski definition) is 4. The number of carbonyl (C=O) groups excluding carboxylic acids is 1. The van der Waals surface area contributed by atoms with Gasteiger partial charge in [0.15, 0.2) is 0 Å². The zero-order valence-corrected chi connectivity index (χ0v) is 13.9. The topological polar surface area (TPSA) is 71.3 Å². The molecule has 0 spiro atoms. The first kappa shape index (κ1) is 18.0. The molecule has 120 valence electrons. The maximum Gasteiger partial charge on any atom is 0.256 e. The molecular formula is C17H24N2O3. The van der Waals surface area contributed by atoms with E-state index < -0.39 is 5.60 Å². The molecule has 1 amide bonds. The lowest BCUT2D eigenvalue weighted by Gasteiger charge is -2.28. The molecule has 1 aromatic carbocycles. The number of rotatable bonds is 7. The maximum absolute atomic E-state index is 12.5. The van der Waals surface area contributed by atoms with Gasteiger partial charge in [0.1, 0.15) is 17.4 Å². The molecular weight excluding hydrogens is 280 g/mol. The summed E-state index contributed by atoms with van der Waals surface area (Å²) in [6.45, 7) is 8.21. The van der Waals surface area contributed by atoms with Crippen LogP contribution in [-0.4, -0.2) is 25.2 Å². The van der Waals surface area contributed by atoms with Crippen LogP contribution in [0.4, 0.5) is 5.69 Å². The van der Waals surface area contributed by atoms with E-state index >= 15 is 0 Å². The van der Waals surface area contributed by atoms with Crippen molar-refractivity contribution in [3.8, 4) is 11.8 Å². The van der Waals surface area contributed by atoms with Gasteiger partial charge in [-0.2, -0.15) is 5.26 Å². The average Bonchev–Trinajstić information content (AvgIpc) is 2.48. The van der Waals surface area contributed by atoms with Gasteiger partial charge in [0, 0.05) is 7.11 Å². The van der Waals surface area contributed by atoms with Gasteiger partial charge in [0.2, 0.25) is 0 Å². The van der Waals surface area contributed by atoms with Crippen LogP contribution in [0.1, 0.15) is 39.7 Å². The number of ether oxygens (including phenoxy) is 2. The molecule has 0 aliphatic rings. The summed E-state index contributed by atoms with van der Waals surface area (Å²) in [6, 6.07) is 7.09. The molecule has 0 saturated heterocycles. The number of hydrogen-bond donors (Lipinski definition) is 1. The number of carbonyl (C=O) groups is 1. The highest BCUT2D eigenvalue weighted by Gasteiger charge is 2.34. The van der Waals surface area contributed by atoms with Crippen molar-refractivity contribution in [3.05, 3.63) is 23.8 Å². The Morgan fingerprint density at radius 3 is 2.64 bits per heavy atom. The van der Waals surface area contributed by atoms with Gasteiger partial charge in [-0.15, -0.1) is 0 Å². The van der Waals surface area contributed by atoms with Crippen molar-refractivity contribution < 1.29 is 14.3 Å². The van der Waals surface area contributed by atoms with E-state index in [0.717, 1.165) is 0 Å². The Kier molecular flexibility index (Phi) is 6.39. The number of nitrogens with zero attached hydrogens (tertiary/aromatic N) is 1. The van der Waals surface area contributed by atoms with Crippen LogP contribution >= 0.6 is 0 Å². The number of nitrogens with one attached hydrogen (secondary N) is 1. The van der Waals surface area contributed by atoms with Crippen molar-refractivity contribution in [3.63, 3.8) is 0 Å². The summed E-state index contributed by atoms with van der Waals surface area (Å²) in [6.07, 6.45) is 0.592. The van der Waals surface area contributed by atoms with E-state index in [0.29, 0.717) is 35.9 Å². The largest absolute Gasteiger partial charge is 0.494 e. The predicted molar refractivity (Wildman–Crippen MR) is 85.8 cm³/mol. The zero-order chi connectivity index (χ0) is 16.8. The Morgan fingerprint density at radius 2 is 2.14 bits per heavy atom. The molecule has 1 atom stereocenters. The Labute approximate surface area is 132 Å². The summed E-state index contributed by atoms with van der Waals surface area (Å²) in [5.41, 5.74) is -0.107. The second kappa shape index (κ2) is 7.81. The lowest BCUT2D eigenvalue weighted by Crippen LogP contribution is -2.43. The summed E-state index contributed by atoms with van der Waals surface area (Å²) in [4.78, 5) is 12.5. The molecule has 0 unspecified atom stereocenters. The highest BCUT2D eigenvalue weighted by atomic mass is 16.5. The minimum absolute atomic E-state index is 0.260. The van der Waals surface area contributed by atoms with Crippen LogP contribution in [-0.2, 0) is 9.53 Å². The second-order valence-corrected chi connectivity index (χ2v) is 5.74. The van der Waals surface area contributed by atoms with Gasteiger partial charge in [-0.25, -0.2) is 0 Å². The second-order valence-electron chi connectivity index (χ2n) is 5.74. The predicted octanol–water partition coefficient (Wildman–Crippen LogP) is 3.35. The molecule has 0 bridgehead atoms. The standard InChI is InChI=1S/C17H24N2O3/c1-6-22-14-7-8-15(13(9-14)11-18)19-16(20)17(4,21-5)10-12(2)3/h7-9,12H,6,10H2,1-5H3,(H,19,20)/t17-/m0/s1. The van der Waals surface area contributed by atoms with E-state index in [9.17, 15) is 10.1 Å². The lowest BCUT2D eigenvalue weighted by atomic mass is 9.93. The van der Waals surface area contributed by atoms with Gasteiger partial charge in [0.25, 0.3) is 5.91 Å². The van der Waals surface area contributed by atoms with E-state index in [1.54, 1.807) is 25.1 Å². The van der Waals surface area contributed by atoms with Crippen molar-refractivity contribution in [2.24, 2.45) is 5.92 Å². The molecule has 5 heteroatoms. The van der Waals surface area contributed by atoms with Gasteiger partial charge in [0.05, 0.1) is 17.9 Å². The van der Waals surface area contributed by atoms with Crippen LogP contribution in [0, 0.1) is 17.2 Å². The van der Waals surface area contributed by atoms with E-state index in [4.69, 9.17) is 9.47 Å². The van der Waals surface area contributed by atoms with Crippen LogP contribution in [0.2, 0.25) is 0 Å². The summed E-state index contributed by atoms with van der Waals surface area (Å²) in [5, 5.41) is 12.0. The Bertz CT molecular complexity index is 564. The highest BCUT2D eigenvalue weighted by molar-refractivity contribution is 5.98. The molecule has 0 fully saturated rings. The summed E-state index contributed by atoms with van der Waals surface area (Å²) < 4.78 is 10.8. The van der Waals surface area contributed by atoms with Crippen LogP contribution in [0.5, 0.6) is 5.75 Å². The van der Waals surface area contributed by atoms with Crippen molar-refractivity contribution in [1.29, 1.82) is 5.26 Å². The number of nitriles is 1. The molecule has 0 aliphatic carbocycles. The molecule has 1 N–H and O–H groups in total. The Balaban J connectivity index is 2.98. The molecule has 1 rings (SSSR count). The van der Waals surface area contributed by atoms with Crippen molar-refractivity contribution in [2.75, 3.05) is 19.0 Å². The molecule has 0 aliphatic heterocycles. The third kappa shape index (κ3) is 4.47. The van der Waals surface area contributed by atoms with Gasteiger partial charge < -0.3 is 14.8 Å². The summed E-state index contributed by atoms with van der Waals surface area (Å²) >= 11 is 0. The minimum Gasteiger partial charge on any atom is -0.494 e. The van der Waals surface area contributed by atoms with Crippen LogP contribution < -0.4 is 10.1 Å². The van der Waals surface area contributed by atoms with Crippen LogP contribution in [0.3, 0.4) is 0 Å². The normalized spacial score (nSPS) is 13.3. The number of anilines is 1. The van der Waals surface area contributed by atoms with Crippen LogP contribution in [0.25, 0.3) is 0 Å². The summed E-state index contributed by atoms with van der Waals surface area (Å²) in [5.74, 6) is 0.657. The third-order valence-corrected chi connectivity index (χ3v) is 3.40. The van der Waals surface area contributed by atoms with Crippen molar-refractivity contribution >= 4 is 11.6 Å². The third-order valence-electron chi connectivity index (χ3n) is 3.40. The maximum atomic E-state index is 12.5. The van der Waals surface area contributed by atoms with Gasteiger partial charge in [-0.3, -0.25) is 4.79 Å². The molecule has 5 nitrogen and oxygen atoms in total. The van der Waals surface area contributed by atoms with E-state index in [1.807, 2.05) is 20.8 Å². The average molecular weight is 304 g/mol. The Hall–Kier alpha value is -2.06.